The second kappa shape index (κ2) is 12.7. The lowest BCUT2D eigenvalue weighted by molar-refractivity contribution is -0.139. The Morgan fingerprint density at radius 1 is 0.980 bits per heavy atom. The number of carbonyl (C=O) groups is 1. The summed E-state index contributed by atoms with van der Waals surface area (Å²) < 4.78 is 33.3. The number of hydrogen-bond donors (Lipinski definition) is 1. The molecule has 0 saturated heterocycles. The van der Waals surface area contributed by atoms with Crippen molar-refractivity contribution in [2.45, 2.75) is 82.6 Å². The Labute approximate surface area is 295 Å². The Hall–Kier alpha value is -4.43. The normalized spacial score (nSPS) is 21.9. The van der Waals surface area contributed by atoms with E-state index in [1.807, 2.05) is 42.5 Å². The number of aryl methyl sites for hydroxylation is 1. The molecule has 1 N–H and O–H groups in total. The topological polar surface area (TPSA) is 98.5 Å². The van der Waals surface area contributed by atoms with Gasteiger partial charge in [-0.2, -0.15) is 0 Å². The summed E-state index contributed by atoms with van der Waals surface area (Å²) in [5, 5.41) is 9.24. The van der Waals surface area contributed by atoms with E-state index in [2.05, 4.69) is 56.5 Å². The van der Waals surface area contributed by atoms with Crippen molar-refractivity contribution in [1.82, 2.24) is 9.55 Å². The maximum Gasteiger partial charge on any atom is 0.341 e. The van der Waals surface area contributed by atoms with Crippen LogP contribution in [0.15, 0.2) is 89.8 Å². The van der Waals surface area contributed by atoms with Crippen LogP contribution in [-0.2, 0) is 33.0 Å². The third kappa shape index (κ3) is 6.12. The molecule has 1 aromatic heterocycles. The molecule has 0 amide bonds. The van der Waals surface area contributed by atoms with Crippen molar-refractivity contribution in [1.29, 1.82) is 0 Å². The van der Waals surface area contributed by atoms with Gasteiger partial charge in [0.1, 0.15) is 11.6 Å². The highest BCUT2D eigenvalue weighted by Crippen LogP contribution is 2.58. The fraction of sp³-hybridized carbons (Fsp3) is 0.381. The minimum Gasteiger partial charge on any atom is -0.482 e. The number of ether oxygens (including phenoxy) is 1. The molecule has 7 nitrogen and oxygen atoms in total. The van der Waals surface area contributed by atoms with Crippen molar-refractivity contribution in [2.75, 3.05) is 12.9 Å². The summed E-state index contributed by atoms with van der Waals surface area (Å²) in [4.78, 5) is 16.8. The zero-order valence-corrected chi connectivity index (χ0v) is 30.4. The predicted molar refractivity (Wildman–Crippen MR) is 198 cm³/mol. The van der Waals surface area contributed by atoms with Gasteiger partial charge in [0.15, 0.2) is 16.4 Å². The quantitative estimate of drug-likeness (QED) is 0.166. The molecule has 1 fully saturated rings. The van der Waals surface area contributed by atoms with Crippen molar-refractivity contribution < 1.29 is 23.1 Å². The molecule has 8 heteroatoms. The van der Waals surface area contributed by atoms with Crippen LogP contribution in [0.4, 0.5) is 0 Å². The Morgan fingerprint density at radius 2 is 1.78 bits per heavy atom. The van der Waals surface area contributed by atoms with Crippen LogP contribution >= 0.6 is 0 Å². The van der Waals surface area contributed by atoms with E-state index >= 15 is 0 Å². The second-order valence-corrected chi connectivity index (χ2v) is 17.3. The van der Waals surface area contributed by atoms with E-state index in [4.69, 9.17) is 9.72 Å². The SMILES string of the molecule is CC(C)c1ccc2c(c1)CC[C@H]1[C@@](C)(Cn3c(-c4cccc(OCC(=O)O)c4)nc4cc(-c5ccccc5S(C)(=O)=O)ccc43)CCC[C@]21C. The summed E-state index contributed by atoms with van der Waals surface area (Å²) in [5.74, 6) is 1.18. The maximum absolute atomic E-state index is 12.7. The van der Waals surface area contributed by atoms with Gasteiger partial charge in [0, 0.05) is 23.9 Å². The van der Waals surface area contributed by atoms with Crippen molar-refractivity contribution in [3.63, 3.8) is 0 Å². The van der Waals surface area contributed by atoms with Gasteiger partial charge < -0.3 is 14.4 Å². The van der Waals surface area contributed by atoms with Crippen LogP contribution in [0.5, 0.6) is 5.75 Å². The number of aliphatic carboxylic acids is 1. The standard InChI is InChI=1S/C42H46N2O5S/c1-27(2)28-14-17-34-30(22-28)16-19-38-41(3,20-9-21-42(34,38)4)26-44-36-18-15-29(33-12-6-7-13-37(33)50(5,47)48)24-35(36)43-40(44)31-10-8-11-32(23-31)49-25-39(45)46/h6-8,10-15,17-18,22-24,27,38H,9,16,19-21,25-26H2,1-5H3,(H,45,46)/t38-,41+,42+/m0/s1. The lowest BCUT2D eigenvalue weighted by Gasteiger charge is -2.56. The first-order valence-electron chi connectivity index (χ1n) is 17.6. The van der Waals surface area contributed by atoms with Crippen LogP contribution < -0.4 is 4.74 Å². The number of imidazole rings is 1. The van der Waals surface area contributed by atoms with Crippen molar-refractivity contribution >= 4 is 26.8 Å². The molecular weight excluding hydrogens is 645 g/mol. The highest BCUT2D eigenvalue weighted by atomic mass is 32.2. The van der Waals surface area contributed by atoms with Crippen molar-refractivity contribution in [3.05, 3.63) is 102 Å². The van der Waals surface area contributed by atoms with E-state index in [1.54, 1.807) is 18.2 Å². The van der Waals surface area contributed by atoms with Crippen LogP contribution in [0, 0.1) is 11.3 Å². The number of carboxylic acid groups (broad SMARTS) is 1. The number of aromatic nitrogens is 2. The lowest BCUT2D eigenvalue weighted by Crippen LogP contribution is -2.50. The molecule has 2 aliphatic rings. The van der Waals surface area contributed by atoms with Gasteiger partial charge in [0.2, 0.25) is 0 Å². The van der Waals surface area contributed by atoms with Crippen LogP contribution in [0.2, 0.25) is 0 Å². The largest absolute Gasteiger partial charge is 0.482 e. The minimum absolute atomic E-state index is 0.0250. The van der Waals surface area contributed by atoms with E-state index in [0.29, 0.717) is 23.1 Å². The molecule has 3 atom stereocenters. The van der Waals surface area contributed by atoms with E-state index in [0.717, 1.165) is 60.2 Å². The lowest BCUT2D eigenvalue weighted by atomic mass is 9.49. The summed E-state index contributed by atoms with van der Waals surface area (Å²) in [7, 11) is -3.45. The molecule has 5 aromatic rings. The molecule has 0 unspecified atom stereocenters. The molecule has 0 bridgehead atoms. The Bertz CT molecular complexity index is 2220. The molecule has 4 aromatic carbocycles. The average Bonchev–Trinajstić information content (AvgIpc) is 3.43. The molecule has 0 aliphatic heterocycles. The van der Waals surface area contributed by atoms with E-state index < -0.39 is 22.4 Å². The molecular formula is C42H46N2O5S. The summed E-state index contributed by atoms with van der Waals surface area (Å²) in [6.45, 7) is 9.81. The maximum atomic E-state index is 12.7. The van der Waals surface area contributed by atoms with Gasteiger partial charge in [-0.3, -0.25) is 0 Å². The van der Waals surface area contributed by atoms with E-state index in [9.17, 15) is 18.3 Å². The number of hydrogen-bond acceptors (Lipinski definition) is 5. The van der Waals surface area contributed by atoms with Crippen LogP contribution in [0.1, 0.15) is 76.0 Å². The predicted octanol–water partition coefficient (Wildman–Crippen LogP) is 9.07. The Balaban J connectivity index is 1.35. The van der Waals surface area contributed by atoms with Crippen LogP contribution in [0.3, 0.4) is 0 Å². The first-order chi connectivity index (χ1) is 23.8. The van der Waals surface area contributed by atoms with Gasteiger partial charge in [0.05, 0.1) is 15.9 Å². The van der Waals surface area contributed by atoms with Crippen molar-refractivity contribution in [3.8, 4) is 28.3 Å². The first kappa shape index (κ1) is 34.0. The average molecular weight is 691 g/mol. The number of carboxylic acids is 1. The van der Waals surface area contributed by atoms with Gasteiger partial charge in [-0.05, 0) is 101 Å². The highest BCUT2D eigenvalue weighted by molar-refractivity contribution is 7.90. The molecule has 1 saturated carbocycles. The van der Waals surface area contributed by atoms with Gasteiger partial charge in [0.25, 0.3) is 0 Å². The minimum atomic E-state index is -3.45. The first-order valence-corrected chi connectivity index (χ1v) is 19.5. The van der Waals surface area contributed by atoms with Gasteiger partial charge in [-0.25, -0.2) is 18.2 Å². The Kier molecular flexibility index (Phi) is 8.66. The molecule has 1 heterocycles. The zero-order chi connectivity index (χ0) is 35.4. The van der Waals surface area contributed by atoms with Crippen molar-refractivity contribution in [2.24, 2.45) is 11.3 Å². The smallest absolute Gasteiger partial charge is 0.341 e. The highest BCUT2D eigenvalue weighted by Gasteiger charge is 2.52. The fourth-order valence-electron chi connectivity index (χ4n) is 9.13. The van der Waals surface area contributed by atoms with E-state index in [1.165, 1.54) is 29.4 Å². The zero-order valence-electron chi connectivity index (χ0n) is 29.6. The molecule has 50 heavy (non-hydrogen) atoms. The van der Waals surface area contributed by atoms with E-state index in [-0.39, 0.29) is 15.7 Å². The number of sulfone groups is 1. The molecule has 2 aliphatic carbocycles. The molecule has 7 rings (SSSR count). The summed E-state index contributed by atoms with van der Waals surface area (Å²) in [6.07, 6.45) is 6.87. The van der Waals surface area contributed by atoms with Gasteiger partial charge in [-0.15, -0.1) is 0 Å². The third-order valence-corrected chi connectivity index (χ3v) is 12.6. The molecule has 0 radical (unpaired) electrons. The monoisotopic (exact) mass is 690 g/mol. The van der Waals surface area contributed by atoms with Gasteiger partial charge in [-0.1, -0.05) is 88.7 Å². The number of nitrogens with zero attached hydrogens (tertiary/aromatic N) is 2. The van der Waals surface area contributed by atoms with Crippen LogP contribution in [-0.4, -0.2) is 41.9 Å². The fourth-order valence-corrected chi connectivity index (χ4v) is 10.0. The molecule has 260 valence electrons. The molecule has 0 spiro atoms. The summed E-state index contributed by atoms with van der Waals surface area (Å²) in [5.41, 5.74) is 8.49. The second-order valence-electron chi connectivity index (χ2n) is 15.3. The number of rotatable bonds is 9. The van der Waals surface area contributed by atoms with Crippen LogP contribution in [0.25, 0.3) is 33.5 Å². The summed E-state index contributed by atoms with van der Waals surface area (Å²) in [6, 6.07) is 27.8. The third-order valence-electron chi connectivity index (χ3n) is 11.5. The Morgan fingerprint density at radius 3 is 2.54 bits per heavy atom. The van der Waals surface area contributed by atoms with Gasteiger partial charge >= 0.3 is 5.97 Å². The summed E-state index contributed by atoms with van der Waals surface area (Å²) >= 11 is 0. The number of fused-ring (bicyclic) bond motifs is 4. The number of benzene rings is 4.